The maximum absolute atomic E-state index is 13.7. The van der Waals surface area contributed by atoms with Gasteiger partial charge < -0.3 is 5.11 Å². The van der Waals surface area contributed by atoms with Crippen LogP contribution in [0.3, 0.4) is 0 Å². The number of rotatable bonds is 4. The van der Waals surface area contributed by atoms with Crippen molar-refractivity contribution in [2.24, 2.45) is 7.05 Å². The average Bonchev–Trinajstić information content (AvgIpc) is 2.98. The number of hydrogen-bond acceptors (Lipinski definition) is 4. The smallest absolute Gasteiger partial charge is 0.262 e. The maximum atomic E-state index is 13.7. The first kappa shape index (κ1) is 17.8. The van der Waals surface area contributed by atoms with Crippen LogP contribution in [0.2, 0.25) is 0 Å². The Morgan fingerprint density at radius 1 is 1.25 bits per heavy atom. The molecule has 1 aromatic rings. The Bertz CT molecular complexity index is 581. The van der Waals surface area contributed by atoms with Gasteiger partial charge >= 0.3 is 0 Å². The summed E-state index contributed by atoms with van der Waals surface area (Å²) < 4.78 is 29.3. The molecule has 0 radical (unpaired) electrons. The van der Waals surface area contributed by atoms with Crippen LogP contribution >= 0.6 is 0 Å². The van der Waals surface area contributed by atoms with E-state index in [-0.39, 0.29) is 31.7 Å². The second-order valence-corrected chi connectivity index (χ2v) is 7.35. The molecular weight excluding hydrogens is 314 g/mol. The van der Waals surface area contributed by atoms with Crippen LogP contribution in [0, 0.1) is 13.8 Å². The Kier molecular flexibility index (Phi) is 4.95. The lowest BCUT2D eigenvalue weighted by Gasteiger charge is -2.38. The predicted molar refractivity (Wildman–Crippen MR) is 88.1 cm³/mol. The van der Waals surface area contributed by atoms with E-state index in [2.05, 4.69) is 16.9 Å². The van der Waals surface area contributed by atoms with Crippen LogP contribution in [0.5, 0.6) is 0 Å². The Hall–Kier alpha value is -1.05. The highest BCUT2D eigenvalue weighted by Gasteiger charge is 2.47. The van der Waals surface area contributed by atoms with Crippen LogP contribution < -0.4 is 0 Å². The number of likely N-dealkylation sites (tertiary alicyclic amines) is 2. The van der Waals surface area contributed by atoms with Gasteiger partial charge in [0.25, 0.3) is 5.92 Å². The van der Waals surface area contributed by atoms with E-state index >= 15 is 0 Å². The van der Waals surface area contributed by atoms with Crippen LogP contribution in [-0.4, -0.2) is 68.9 Å². The summed E-state index contributed by atoms with van der Waals surface area (Å²) in [6.07, 6.45) is 1.55. The fourth-order valence-electron chi connectivity index (χ4n) is 4.20. The number of nitrogens with zero attached hydrogens (tertiary/aromatic N) is 4. The number of halogens is 2. The van der Waals surface area contributed by atoms with Gasteiger partial charge in [0, 0.05) is 43.4 Å². The molecule has 5 nitrogen and oxygen atoms in total. The Balaban J connectivity index is 1.58. The van der Waals surface area contributed by atoms with E-state index in [0.29, 0.717) is 0 Å². The number of aliphatic hydroxyl groups is 1. The van der Waals surface area contributed by atoms with Crippen molar-refractivity contribution in [3.05, 3.63) is 17.0 Å². The third kappa shape index (κ3) is 3.48. The molecule has 2 aliphatic rings. The SMILES string of the molecule is Cc1nn(C)c(C)c1CN1CCC(N2CC(F)(F)C[C@H]2CO)CC1. The molecule has 3 heterocycles. The molecule has 0 aromatic carbocycles. The molecule has 1 aromatic heterocycles. The van der Waals surface area contributed by atoms with Gasteiger partial charge in [-0.2, -0.15) is 5.10 Å². The lowest BCUT2D eigenvalue weighted by atomic mass is 10.0. The minimum Gasteiger partial charge on any atom is -0.395 e. The van der Waals surface area contributed by atoms with Gasteiger partial charge in [0.15, 0.2) is 0 Å². The first-order valence-electron chi connectivity index (χ1n) is 8.76. The zero-order valence-electron chi connectivity index (χ0n) is 14.8. The second-order valence-electron chi connectivity index (χ2n) is 7.35. The topological polar surface area (TPSA) is 44.5 Å². The van der Waals surface area contributed by atoms with Gasteiger partial charge in [-0.1, -0.05) is 0 Å². The number of hydrogen-bond donors (Lipinski definition) is 1. The minimum atomic E-state index is -2.66. The minimum absolute atomic E-state index is 0.155. The van der Waals surface area contributed by atoms with Crippen LogP contribution in [0.25, 0.3) is 0 Å². The van der Waals surface area contributed by atoms with Crippen molar-refractivity contribution in [1.82, 2.24) is 19.6 Å². The summed E-state index contributed by atoms with van der Waals surface area (Å²) in [6, 6.07) is -0.234. The highest BCUT2D eigenvalue weighted by atomic mass is 19.3. The summed E-state index contributed by atoms with van der Waals surface area (Å²) in [5.74, 6) is -2.66. The van der Waals surface area contributed by atoms with E-state index in [4.69, 9.17) is 0 Å². The van der Waals surface area contributed by atoms with Gasteiger partial charge in [-0.25, -0.2) is 8.78 Å². The molecule has 0 aliphatic carbocycles. The van der Waals surface area contributed by atoms with Crippen LogP contribution in [-0.2, 0) is 13.6 Å². The van der Waals surface area contributed by atoms with Crippen LogP contribution in [0.1, 0.15) is 36.2 Å². The van der Waals surface area contributed by atoms with Crippen molar-refractivity contribution in [1.29, 1.82) is 0 Å². The fourth-order valence-corrected chi connectivity index (χ4v) is 4.20. The summed E-state index contributed by atoms with van der Waals surface area (Å²) in [5, 5.41) is 13.9. The Morgan fingerprint density at radius 2 is 1.92 bits per heavy atom. The van der Waals surface area contributed by atoms with E-state index in [1.165, 1.54) is 11.3 Å². The zero-order chi connectivity index (χ0) is 17.5. The van der Waals surface area contributed by atoms with Gasteiger partial charge in [0.1, 0.15) is 0 Å². The molecule has 3 rings (SSSR count). The molecule has 2 fully saturated rings. The van der Waals surface area contributed by atoms with Crippen LogP contribution in [0.15, 0.2) is 0 Å². The first-order valence-corrected chi connectivity index (χ1v) is 8.76. The van der Waals surface area contributed by atoms with Crippen molar-refractivity contribution >= 4 is 0 Å². The van der Waals surface area contributed by atoms with E-state index in [1.54, 1.807) is 0 Å². The molecule has 0 spiro atoms. The van der Waals surface area contributed by atoms with Crippen LogP contribution in [0.4, 0.5) is 8.78 Å². The zero-order valence-corrected chi connectivity index (χ0v) is 14.8. The van der Waals surface area contributed by atoms with Crippen molar-refractivity contribution in [3.8, 4) is 0 Å². The lowest BCUT2D eigenvalue weighted by molar-refractivity contribution is 0.00265. The summed E-state index contributed by atoms with van der Waals surface area (Å²) in [5.41, 5.74) is 3.53. The molecule has 7 heteroatoms. The number of aryl methyl sites for hydroxylation is 2. The Morgan fingerprint density at radius 3 is 2.46 bits per heavy atom. The molecule has 0 unspecified atom stereocenters. The highest BCUT2D eigenvalue weighted by Crippen LogP contribution is 2.35. The standard InChI is InChI=1S/C17H28F2N4O/c1-12-16(13(2)21(3)20-12)9-22-6-4-14(5-7-22)23-11-17(18,19)8-15(23)10-24/h14-15,24H,4-11H2,1-3H3/t15-/m0/s1. The maximum Gasteiger partial charge on any atom is 0.262 e. The first-order chi connectivity index (χ1) is 11.3. The van der Waals surface area contributed by atoms with Crippen molar-refractivity contribution in [2.45, 2.75) is 57.7 Å². The van der Waals surface area contributed by atoms with Crippen molar-refractivity contribution in [3.63, 3.8) is 0 Å². The second kappa shape index (κ2) is 6.69. The summed E-state index contributed by atoms with van der Waals surface area (Å²) in [6.45, 7) is 6.41. The average molecular weight is 342 g/mol. The molecule has 1 atom stereocenters. The monoisotopic (exact) mass is 342 g/mol. The largest absolute Gasteiger partial charge is 0.395 e. The fraction of sp³-hybridized carbons (Fsp3) is 0.824. The third-order valence-electron chi connectivity index (χ3n) is 5.69. The molecule has 136 valence electrons. The molecule has 0 saturated carbocycles. The van der Waals surface area contributed by atoms with Crippen molar-refractivity contribution in [2.75, 3.05) is 26.2 Å². The lowest BCUT2D eigenvalue weighted by Crippen LogP contribution is -2.47. The van der Waals surface area contributed by atoms with Gasteiger partial charge in [0.2, 0.25) is 0 Å². The molecule has 2 saturated heterocycles. The van der Waals surface area contributed by atoms with E-state index in [9.17, 15) is 13.9 Å². The number of aliphatic hydroxyl groups excluding tert-OH is 1. The normalized spacial score (nSPS) is 26.3. The van der Waals surface area contributed by atoms with Crippen molar-refractivity contribution < 1.29 is 13.9 Å². The highest BCUT2D eigenvalue weighted by molar-refractivity contribution is 5.24. The molecule has 24 heavy (non-hydrogen) atoms. The number of piperidine rings is 1. The molecule has 0 bridgehead atoms. The molecule has 1 N–H and O–H groups in total. The van der Waals surface area contributed by atoms with E-state index in [0.717, 1.165) is 38.2 Å². The number of alkyl halides is 2. The van der Waals surface area contributed by atoms with E-state index < -0.39 is 5.92 Å². The summed E-state index contributed by atoms with van der Waals surface area (Å²) in [4.78, 5) is 4.23. The van der Waals surface area contributed by atoms with Gasteiger partial charge in [0.05, 0.1) is 18.8 Å². The molecule has 0 amide bonds. The summed E-state index contributed by atoms with van der Waals surface area (Å²) in [7, 11) is 1.96. The Labute approximate surface area is 142 Å². The summed E-state index contributed by atoms with van der Waals surface area (Å²) >= 11 is 0. The molecule has 2 aliphatic heterocycles. The number of aromatic nitrogens is 2. The van der Waals surface area contributed by atoms with Gasteiger partial charge in [-0.15, -0.1) is 0 Å². The van der Waals surface area contributed by atoms with Gasteiger partial charge in [-0.05, 0) is 39.8 Å². The third-order valence-corrected chi connectivity index (χ3v) is 5.69. The quantitative estimate of drug-likeness (QED) is 0.905. The van der Waals surface area contributed by atoms with E-state index in [1.807, 2.05) is 23.6 Å². The molecular formula is C17H28F2N4O. The van der Waals surface area contributed by atoms with Gasteiger partial charge in [-0.3, -0.25) is 14.5 Å². The predicted octanol–water partition coefficient (Wildman–Crippen LogP) is 1.70.